The molecule has 0 atom stereocenters. The third-order valence-electron chi connectivity index (χ3n) is 2.53. The van der Waals surface area contributed by atoms with E-state index in [-0.39, 0.29) is 5.91 Å². The van der Waals surface area contributed by atoms with Gasteiger partial charge in [0, 0.05) is 18.2 Å². The van der Waals surface area contributed by atoms with Gasteiger partial charge in [-0.15, -0.1) is 0 Å². The predicted octanol–water partition coefficient (Wildman–Crippen LogP) is 1.70. The summed E-state index contributed by atoms with van der Waals surface area (Å²) in [4.78, 5) is 19.7. The Morgan fingerprint density at radius 1 is 1.47 bits per heavy atom. The molecule has 0 aliphatic carbocycles. The minimum Gasteiger partial charge on any atom is -0.310 e. The Kier molecular flexibility index (Phi) is 2.94. The molecule has 0 radical (unpaired) electrons. The van der Waals surface area contributed by atoms with Gasteiger partial charge in [0.25, 0.3) is 0 Å². The van der Waals surface area contributed by atoms with Gasteiger partial charge in [0.1, 0.15) is 11.6 Å². The van der Waals surface area contributed by atoms with Crippen LogP contribution in [-0.2, 0) is 17.6 Å². The molecular weight excluding hydrogens is 190 g/mol. The fourth-order valence-corrected chi connectivity index (χ4v) is 1.68. The highest BCUT2D eigenvalue weighted by molar-refractivity contribution is 5.97. The number of unbranched alkanes of at least 4 members (excludes halogenated alkanes) is 2. The molecule has 0 saturated heterocycles. The van der Waals surface area contributed by atoms with Crippen molar-refractivity contribution in [3.63, 3.8) is 0 Å². The third kappa shape index (κ3) is 2.32. The highest BCUT2D eigenvalue weighted by Gasteiger charge is 2.19. The van der Waals surface area contributed by atoms with Crippen molar-refractivity contribution in [1.29, 1.82) is 0 Å². The number of aryl methyl sites for hydroxylation is 1. The summed E-state index contributed by atoms with van der Waals surface area (Å²) in [5.74, 6) is 1.57. The molecule has 0 spiro atoms. The van der Waals surface area contributed by atoms with Crippen LogP contribution in [0.25, 0.3) is 0 Å². The van der Waals surface area contributed by atoms with Crippen molar-refractivity contribution >= 4 is 11.7 Å². The van der Waals surface area contributed by atoms with Crippen molar-refractivity contribution in [3.8, 4) is 0 Å². The molecule has 2 rings (SSSR count). The van der Waals surface area contributed by atoms with Gasteiger partial charge in [-0.3, -0.25) is 4.79 Å². The molecule has 1 amide bonds. The van der Waals surface area contributed by atoms with Gasteiger partial charge in [0.15, 0.2) is 0 Å². The maximum absolute atomic E-state index is 11.1. The molecule has 0 aromatic carbocycles. The Labute approximate surface area is 89.1 Å². The maximum atomic E-state index is 11.1. The van der Waals surface area contributed by atoms with Crippen molar-refractivity contribution < 1.29 is 4.79 Å². The number of carbonyl (C=O) groups is 1. The lowest BCUT2D eigenvalue weighted by molar-refractivity contribution is -0.115. The average Bonchev–Trinajstić information content (AvgIpc) is 2.57. The first-order valence-electron chi connectivity index (χ1n) is 5.44. The normalized spacial score (nSPS) is 13.8. The summed E-state index contributed by atoms with van der Waals surface area (Å²) in [7, 11) is 0. The highest BCUT2D eigenvalue weighted by atomic mass is 16.1. The molecule has 0 saturated carbocycles. The van der Waals surface area contributed by atoms with Crippen LogP contribution in [0.1, 0.15) is 37.6 Å². The summed E-state index contributed by atoms with van der Waals surface area (Å²) in [6.45, 7) is 2.17. The largest absolute Gasteiger partial charge is 0.310 e. The zero-order valence-electron chi connectivity index (χ0n) is 8.92. The van der Waals surface area contributed by atoms with Gasteiger partial charge in [0.05, 0.1) is 6.42 Å². The van der Waals surface area contributed by atoms with Crippen LogP contribution in [0.2, 0.25) is 0 Å². The Balaban J connectivity index is 2.03. The number of carbonyl (C=O) groups excluding carboxylic acids is 1. The molecular formula is C11H15N3O. The van der Waals surface area contributed by atoms with Gasteiger partial charge in [-0.25, -0.2) is 9.97 Å². The van der Waals surface area contributed by atoms with E-state index in [0.717, 1.165) is 24.2 Å². The Morgan fingerprint density at radius 3 is 3.13 bits per heavy atom. The highest BCUT2D eigenvalue weighted by Crippen LogP contribution is 2.19. The van der Waals surface area contributed by atoms with Crippen molar-refractivity contribution in [2.24, 2.45) is 0 Å². The number of hydrogen-bond donors (Lipinski definition) is 1. The van der Waals surface area contributed by atoms with Crippen molar-refractivity contribution in [3.05, 3.63) is 17.6 Å². The molecule has 0 fully saturated rings. The maximum Gasteiger partial charge on any atom is 0.230 e. The van der Waals surface area contributed by atoms with Crippen molar-refractivity contribution in [2.45, 2.75) is 39.0 Å². The van der Waals surface area contributed by atoms with Crippen LogP contribution in [0, 0.1) is 0 Å². The Morgan fingerprint density at radius 2 is 2.33 bits per heavy atom. The second kappa shape index (κ2) is 4.38. The first-order chi connectivity index (χ1) is 7.29. The number of rotatable bonds is 4. The van der Waals surface area contributed by atoms with Gasteiger partial charge in [-0.05, 0) is 6.42 Å². The Hall–Kier alpha value is -1.45. The molecule has 1 aliphatic rings. The monoisotopic (exact) mass is 205 g/mol. The zero-order valence-corrected chi connectivity index (χ0v) is 8.92. The summed E-state index contributed by atoms with van der Waals surface area (Å²) in [5, 5.41) is 2.74. The topological polar surface area (TPSA) is 54.9 Å². The minimum absolute atomic E-state index is 0.0185. The fourth-order valence-electron chi connectivity index (χ4n) is 1.68. The van der Waals surface area contributed by atoms with Gasteiger partial charge in [-0.2, -0.15) is 0 Å². The van der Waals surface area contributed by atoms with Gasteiger partial charge >= 0.3 is 0 Å². The molecule has 1 aromatic heterocycles. The number of amides is 1. The van der Waals surface area contributed by atoms with Crippen molar-refractivity contribution in [2.75, 3.05) is 5.32 Å². The van der Waals surface area contributed by atoms with E-state index < -0.39 is 0 Å². The first kappa shape index (κ1) is 10.1. The third-order valence-corrected chi connectivity index (χ3v) is 2.53. The summed E-state index contributed by atoms with van der Waals surface area (Å²) >= 11 is 0. The van der Waals surface area contributed by atoms with Crippen LogP contribution in [0.5, 0.6) is 0 Å². The van der Waals surface area contributed by atoms with Gasteiger partial charge in [0.2, 0.25) is 5.91 Å². The van der Waals surface area contributed by atoms with E-state index in [4.69, 9.17) is 0 Å². The van der Waals surface area contributed by atoms with E-state index in [1.807, 2.05) is 0 Å². The molecule has 1 aliphatic heterocycles. The van der Waals surface area contributed by atoms with Gasteiger partial charge in [-0.1, -0.05) is 19.8 Å². The predicted molar refractivity (Wildman–Crippen MR) is 57.6 cm³/mol. The summed E-state index contributed by atoms with van der Waals surface area (Å²) in [6, 6.07) is 0. The van der Waals surface area contributed by atoms with E-state index in [0.29, 0.717) is 12.2 Å². The molecule has 2 heterocycles. The number of hydrogen-bond acceptors (Lipinski definition) is 3. The minimum atomic E-state index is 0.0185. The second-order valence-corrected chi connectivity index (χ2v) is 3.84. The molecule has 1 aromatic rings. The summed E-state index contributed by atoms with van der Waals surface area (Å²) < 4.78 is 0. The number of nitrogens with zero attached hydrogens (tertiary/aromatic N) is 2. The number of aromatic nitrogens is 2. The van der Waals surface area contributed by atoms with E-state index >= 15 is 0 Å². The lowest BCUT2D eigenvalue weighted by Crippen LogP contribution is -2.05. The molecule has 4 nitrogen and oxygen atoms in total. The number of fused-ring (bicyclic) bond motifs is 1. The smallest absolute Gasteiger partial charge is 0.230 e. The number of nitrogens with one attached hydrogen (secondary N) is 1. The van der Waals surface area contributed by atoms with Crippen LogP contribution in [0.3, 0.4) is 0 Å². The Bertz CT molecular complexity index is 376. The van der Waals surface area contributed by atoms with E-state index in [1.54, 1.807) is 6.20 Å². The average molecular weight is 205 g/mol. The van der Waals surface area contributed by atoms with Crippen LogP contribution < -0.4 is 5.32 Å². The van der Waals surface area contributed by atoms with E-state index in [9.17, 15) is 4.79 Å². The molecule has 15 heavy (non-hydrogen) atoms. The van der Waals surface area contributed by atoms with E-state index in [2.05, 4.69) is 22.2 Å². The lowest BCUT2D eigenvalue weighted by atomic mass is 10.2. The lowest BCUT2D eigenvalue weighted by Gasteiger charge is -2.01. The fraction of sp³-hybridized carbons (Fsp3) is 0.545. The standard InChI is InChI=1S/C11H15N3O/c1-2-3-4-5-9-12-7-8-6-10(15)14-11(8)13-9/h7H,2-6H2,1H3,(H,12,13,14,15). The van der Waals surface area contributed by atoms with Crippen LogP contribution in [0.4, 0.5) is 5.82 Å². The molecule has 0 unspecified atom stereocenters. The van der Waals surface area contributed by atoms with Crippen molar-refractivity contribution in [1.82, 2.24) is 9.97 Å². The van der Waals surface area contributed by atoms with Gasteiger partial charge < -0.3 is 5.32 Å². The molecule has 4 heteroatoms. The molecule has 80 valence electrons. The van der Waals surface area contributed by atoms with Crippen LogP contribution in [-0.4, -0.2) is 15.9 Å². The van der Waals surface area contributed by atoms with E-state index in [1.165, 1.54) is 12.8 Å². The summed E-state index contributed by atoms with van der Waals surface area (Å²) in [5.41, 5.74) is 0.916. The SMILES string of the molecule is CCCCCc1ncc2c(n1)NC(=O)C2. The molecule has 1 N–H and O–H groups in total. The number of anilines is 1. The summed E-state index contributed by atoms with van der Waals surface area (Å²) in [6.07, 6.45) is 6.60. The quantitative estimate of drug-likeness (QED) is 0.761. The second-order valence-electron chi connectivity index (χ2n) is 3.84. The van der Waals surface area contributed by atoms with Crippen LogP contribution in [0.15, 0.2) is 6.20 Å². The molecule has 0 bridgehead atoms. The first-order valence-corrected chi connectivity index (χ1v) is 5.44. The van der Waals surface area contributed by atoms with Crippen LogP contribution >= 0.6 is 0 Å². The zero-order chi connectivity index (χ0) is 10.7.